The summed E-state index contributed by atoms with van der Waals surface area (Å²) < 4.78 is -0.718. The number of rotatable bonds is 8. The predicted octanol–water partition coefficient (Wildman–Crippen LogP) is -1.32. The van der Waals surface area contributed by atoms with Crippen LogP contribution in [0.2, 0.25) is 0 Å². The van der Waals surface area contributed by atoms with E-state index in [2.05, 4.69) is 10.6 Å². The summed E-state index contributed by atoms with van der Waals surface area (Å²) in [6.45, 7) is 3.50. The first-order valence-corrected chi connectivity index (χ1v) is 10.7. The number of carboxylic acids is 1. The number of amides is 4. The Labute approximate surface area is 188 Å². The number of hydrogen-bond acceptors (Lipinski definition) is 8. The molecule has 7 N–H and O–H groups in total. The second kappa shape index (κ2) is 8.88. The Morgan fingerprint density at radius 1 is 1.19 bits per heavy atom. The van der Waals surface area contributed by atoms with Gasteiger partial charge >= 0.3 is 5.97 Å². The average Bonchev–Trinajstić information content (AvgIpc) is 2.96. The minimum absolute atomic E-state index is 0.428. The fraction of sp³-hybridized carbons (Fsp3) is 0.450. The largest absolute Gasteiger partial charge is 0.480 e. The van der Waals surface area contributed by atoms with Crippen molar-refractivity contribution in [1.29, 1.82) is 0 Å². The zero-order valence-electron chi connectivity index (χ0n) is 17.5. The van der Waals surface area contributed by atoms with Gasteiger partial charge in [-0.3, -0.25) is 29.8 Å². The van der Waals surface area contributed by atoms with Crippen molar-refractivity contribution in [3.05, 3.63) is 35.9 Å². The number of fused-ring (bicyclic) bond motifs is 1. The monoisotopic (exact) mass is 463 g/mol. The van der Waals surface area contributed by atoms with E-state index < -0.39 is 70.3 Å². The average molecular weight is 464 g/mol. The topological polar surface area (TPSA) is 185 Å². The number of nitrogens with two attached hydrogens (primary N) is 2. The molecule has 32 heavy (non-hydrogen) atoms. The minimum Gasteiger partial charge on any atom is -0.480 e. The third-order valence-electron chi connectivity index (χ3n) is 5.42. The van der Waals surface area contributed by atoms with Crippen molar-refractivity contribution in [3.63, 3.8) is 0 Å². The van der Waals surface area contributed by atoms with Gasteiger partial charge in [-0.25, -0.2) is 4.79 Å². The molecule has 0 bridgehead atoms. The van der Waals surface area contributed by atoms with E-state index in [1.54, 1.807) is 44.2 Å². The Kier molecular flexibility index (Phi) is 6.58. The van der Waals surface area contributed by atoms with Gasteiger partial charge in [-0.2, -0.15) is 0 Å². The zero-order chi connectivity index (χ0) is 23.8. The number of carboxylic acid groups (broad SMARTS) is 1. The van der Waals surface area contributed by atoms with Crippen LogP contribution in [0.1, 0.15) is 31.9 Å². The van der Waals surface area contributed by atoms with E-state index in [0.717, 1.165) is 0 Å². The summed E-state index contributed by atoms with van der Waals surface area (Å²) in [5.41, 5.74) is 11.1. The number of β-lactam (4-membered cyclic amide) rings is 1. The van der Waals surface area contributed by atoms with Crippen molar-refractivity contribution in [1.82, 2.24) is 15.5 Å². The van der Waals surface area contributed by atoms with Gasteiger partial charge in [0.25, 0.3) is 0 Å². The van der Waals surface area contributed by atoms with Crippen LogP contribution < -0.4 is 22.1 Å². The number of hydrogen-bond donors (Lipinski definition) is 5. The molecule has 0 spiro atoms. The molecule has 1 aromatic rings. The Bertz CT molecular complexity index is 955. The van der Waals surface area contributed by atoms with Crippen LogP contribution in [0.3, 0.4) is 0 Å². The lowest BCUT2D eigenvalue weighted by atomic mass is 9.95. The molecule has 2 aliphatic rings. The molecule has 0 aromatic heterocycles. The number of carbonyl (C=O) groups excluding carboxylic acids is 4. The van der Waals surface area contributed by atoms with Gasteiger partial charge in [0.2, 0.25) is 23.6 Å². The van der Waals surface area contributed by atoms with Gasteiger partial charge < -0.3 is 21.5 Å². The van der Waals surface area contributed by atoms with E-state index in [-0.39, 0.29) is 0 Å². The van der Waals surface area contributed by atoms with E-state index in [1.807, 2.05) is 0 Å². The van der Waals surface area contributed by atoms with Crippen LogP contribution in [0.5, 0.6) is 0 Å². The fourth-order valence-corrected chi connectivity index (χ4v) is 5.55. The van der Waals surface area contributed by atoms with E-state index in [9.17, 15) is 29.1 Å². The van der Waals surface area contributed by atoms with Crippen LogP contribution in [0, 0.1) is 0 Å². The van der Waals surface area contributed by atoms with Crippen LogP contribution >= 0.6 is 11.8 Å². The summed E-state index contributed by atoms with van der Waals surface area (Å²) >= 11 is 1.33. The fourth-order valence-electron chi connectivity index (χ4n) is 3.91. The number of primary amides is 1. The van der Waals surface area contributed by atoms with E-state index in [0.29, 0.717) is 5.56 Å². The SMILES string of the molecule is CC1(C)SC2C(N[C@H](C(=O)NC(=O)[C@H](N)CC(N)=O)c3ccccc3)C(=O)N2C1C(=O)O. The molecule has 3 rings (SSSR count). The van der Waals surface area contributed by atoms with E-state index in [1.165, 1.54) is 16.7 Å². The number of carbonyl (C=O) groups is 5. The maximum atomic E-state index is 12.9. The van der Waals surface area contributed by atoms with Gasteiger partial charge in [0, 0.05) is 4.75 Å². The van der Waals surface area contributed by atoms with Gasteiger partial charge in [0.05, 0.1) is 12.5 Å². The maximum absolute atomic E-state index is 12.9. The molecule has 4 amide bonds. The molecule has 2 heterocycles. The van der Waals surface area contributed by atoms with Gasteiger partial charge in [0.15, 0.2) is 0 Å². The van der Waals surface area contributed by atoms with Crippen LogP contribution in [0.25, 0.3) is 0 Å². The molecule has 172 valence electrons. The molecule has 0 radical (unpaired) electrons. The zero-order valence-corrected chi connectivity index (χ0v) is 18.3. The highest BCUT2D eigenvalue weighted by molar-refractivity contribution is 8.01. The second-order valence-corrected chi connectivity index (χ2v) is 9.99. The molecular formula is C20H25N5O6S. The third kappa shape index (κ3) is 4.47. The molecule has 12 heteroatoms. The summed E-state index contributed by atoms with van der Waals surface area (Å²) in [4.78, 5) is 61.9. The first-order valence-electron chi connectivity index (χ1n) is 9.86. The standard InChI is InChI=1S/C20H25N5O6S/c1-20(2)14(19(30)31)25-17(29)13(18(25)32-20)23-12(9-6-4-3-5-7-9)16(28)24-15(27)10(21)8-11(22)26/h3-7,10,12-14,18,23H,8,21H2,1-2H3,(H2,22,26)(H,30,31)(H,24,27,28)/t10-,12+,13?,14?,18?/m1/s1. The first kappa shape index (κ1) is 23.7. The molecule has 1 aromatic carbocycles. The quantitative estimate of drug-likeness (QED) is 0.292. The third-order valence-corrected chi connectivity index (χ3v) is 6.99. The van der Waals surface area contributed by atoms with Crippen molar-refractivity contribution in [2.24, 2.45) is 11.5 Å². The Hall–Kier alpha value is -2.96. The number of nitrogens with one attached hydrogen (secondary N) is 2. The van der Waals surface area contributed by atoms with Crippen molar-refractivity contribution < 1.29 is 29.1 Å². The van der Waals surface area contributed by atoms with E-state index in [4.69, 9.17) is 11.5 Å². The van der Waals surface area contributed by atoms with Crippen LogP contribution in [-0.2, 0) is 24.0 Å². The first-order chi connectivity index (χ1) is 14.9. The molecule has 5 atom stereocenters. The van der Waals surface area contributed by atoms with Crippen LogP contribution in [-0.4, -0.2) is 67.9 Å². The smallest absolute Gasteiger partial charge is 0.327 e. The molecule has 11 nitrogen and oxygen atoms in total. The van der Waals surface area contributed by atoms with Gasteiger partial charge in [-0.1, -0.05) is 30.3 Å². The highest BCUT2D eigenvalue weighted by Crippen LogP contribution is 2.51. The molecule has 3 unspecified atom stereocenters. The highest BCUT2D eigenvalue weighted by Gasteiger charge is 2.64. The number of nitrogens with zero attached hydrogens (tertiary/aromatic N) is 1. The number of benzene rings is 1. The highest BCUT2D eigenvalue weighted by atomic mass is 32.2. The summed E-state index contributed by atoms with van der Waals surface area (Å²) in [7, 11) is 0. The van der Waals surface area contributed by atoms with Crippen LogP contribution in [0.4, 0.5) is 0 Å². The number of thioether (sulfide) groups is 1. The lowest BCUT2D eigenvalue weighted by Crippen LogP contribution is -2.70. The lowest BCUT2D eigenvalue weighted by Gasteiger charge is -2.45. The van der Waals surface area contributed by atoms with Crippen LogP contribution in [0.15, 0.2) is 30.3 Å². The van der Waals surface area contributed by atoms with Gasteiger partial charge in [-0.15, -0.1) is 11.8 Å². The maximum Gasteiger partial charge on any atom is 0.327 e. The molecule has 0 saturated carbocycles. The van der Waals surface area contributed by atoms with E-state index >= 15 is 0 Å². The predicted molar refractivity (Wildman–Crippen MR) is 115 cm³/mol. The van der Waals surface area contributed by atoms with Gasteiger partial charge in [-0.05, 0) is 19.4 Å². The van der Waals surface area contributed by atoms with Crippen molar-refractivity contribution in [2.75, 3.05) is 0 Å². The van der Waals surface area contributed by atoms with Crippen molar-refractivity contribution in [2.45, 2.75) is 54.6 Å². The second-order valence-electron chi connectivity index (χ2n) is 8.22. The number of aliphatic carboxylic acids is 1. The van der Waals surface area contributed by atoms with Crippen molar-refractivity contribution >= 4 is 41.4 Å². The molecule has 2 fully saturated rings. The summed E-state index contributed by atoms with van der Waals surface area (Å²) in [5, 5.41) is 14.2. The number of imide groups is 1. The molecular weight excluding hydrogens is 438 g/mol. The molecule has 2 aliphatic heterocycles. The summed E-state index contributed by atoms with van der Waals surface area (Å²) in [6.07, 6.45) is -0.428. The molecule has 0 aliphatic carbocycles. The normalized spacial score (nSPS) is 25.3. The minimum atomic E-state index is -1.30. The Morgan fingerprint density at radius 3 is 2.38 bits per heavy atom. The summed E-state index contributed by atoms with van der Waals surface area (Å²) in [5.74, 6) is -3.95. The Morgan fingerprint density at radius 2 is 1.81 bits per heavy atom. The van der Waals surface area contributed by atoms with Crippen molar-refractivity contribution in [3.8, 4) is 0 Å². The lowest BCUT2D eigenvalue weighted by molar-refractivity contribution is -0.160. The Balaban J connectivity index is 1.79. The molecule has 2 saturated heterocycles. The summed E-state index contributed by atoms with van der Waals surface area (Å²) in [6, 6.07) is 4.24. The van der Waals surface area contributed by atoms with Gasteiger partial charge in [0.1, 0.15) is 23.5 Å².